The zero-order valence-electron chi connectivity index (χ0n) is 4.94. The fourth-order valence-corrected chi connectivity index (χ4v) is 0.552. The molecule has 0 aliphatic rings. The molecule has 0 atom stereocenters. The van der Waals surface area contributed by atoms with Gasteiger partial charge in [0.25, 0.3) is 0 Å². The molecule has 0 saturated carbocycles. The summed E-state index contributed by atoms with van der Waals surface area (Å²) in [4.78, 5) is 0. The Labute approximate surface area is 57.7 Å². The number of phenolic OH excluding ortho intramolecular Hbond substituents is 1. The monoisotopic (exact) mass is 140 g/mol. The molecule has 0 heterocycles. The largest absolute Gasteiger partial charge is 0.508 e. The van der Waals surface area contributed by atoms with Crippen LogP contribution in [0.5, 0.6) is 5.75 Å². The van der Waals surface area contributed by atoms with Crippen LogP contribution in [0, 0.1) is 11.6 Å². The standard InChI is InChI=1S/C6H3BF2O/c7-3-1-4(8)5(9)2-6(3)10/h1-2,10H. The lowest BCUT2D eigenvalue weighted by molar-refractivity contribution is 0.459. The number of phenols is 1. The Morgan fingerprint density at radius 2 is 1.70 bits per heavy atom. The van der Waals surface area contributed by atoms with E-state index in [4.69, 9.17) is 13.0 Å². The van der Waals surface area contributed by atoms with Crippen molar-refractivity contribution in [2.45, 2.75) is 0 Å². The first kappa shape index (κ1) is 7.06. The molecule has 0 bridgehead atoms. The number of hydrogen-bond acceptors (Lipinski definition) is 1. The van der Waals surface area contributed by atoms with Gasteiger partial charge in [0.1, 0.15) is 13.6 Å². The first-order chi connectivity index (χ1) is 4.61. The number of benzene rings is 1. The van der Waals surface area contributed by atoms with Crippen LogP contribution in [-0.4, -0.2) is 13.0 Å². The fraction of sp³-hybridized carbons (Fsp3) is 0. The molecule has 0 unspecified atom stereocenters. The van der Waals surface area contributed by atoms with E-state index in [0.717, 1.165) is 6.07 Å². The van der Waals surface area contributed by atoms with Gasteiger partial charge >= 0.3 is 0 Å². The van der Waals surface area contributed by atoms with Crippen LogP contribution in [0.1, 0.15) is 0 Å². The van der Waals surface area contributed by atoms with E-state index in [1.54, 1.807) is 0 Å². The maximum absolute atomic E-state index is 12.2. The van der Waals surface area contributed by atoms with Gasteiger partial charge in [0.15, 0.2) is 11.6 Å². The van der Waals surface area contributed by atoms with Gasteiger partial charge in [-0.2, -0.15) is 0 Å². The number of aromatic hydroxyl groups is 1. The van der Waals surface area contributed by atoms with Gasteiger partial charge in [-0.15, -0.1) is 0 Å². The number of rotatable bonds is 0. The quantitative estimate of drug-likeness (QED) is 0.519. The van der Waals surface area contributed by atoms with Crippen LogP contribution in [0.2, 0.25) is 0 Å². The van der Waals surface area contributed by atoms with Gasteiger partial charge in [0.2, 0.25) is 0 Å². The zero-order chi connectivity index (χ0) is 7.72. The van der Waals surface area contributed by atoms with Gasteiger partial charge in [-0.1, -0.05) is 5.46 Å². The van der Waals surface area contributed by atoms with E-state index in [1.807, 2.05) is 0 Å². The Hall–Kier alpha value is -1.06. The molecule has 1 aromatic rings. The van der Waals surface area contributed by atoms with Crippen LogP contribution in [0.25, 0.3) is 0 Å². The summed E-state index contributed by atoms with van der Waals surface area (Å²) in [6.45, 7) is 0. The maximum atomic E-state index is 12.2. The highest BCUT2D eigenvalue weighted by molar-refractivity contribution is 6.34. The second-order valence-electron chi connectivity index (χ2n) is 1.83. The highest BCUT2D eigenvalue weighted by Gasteiger charge is 2.03. The van der Waals surface area contributed by atoms with Crippen LogP contribution in [0.3, 0.4) is 0 Å². The van der Waals surface area contributed by atoms with E-state index >= 15 is 0 Å². The summed E-state index contributed by atoms with van der Waals surface area (Å²) in [5, 5.41) is 8.69. The minimum Gasteiger partial charge on any atom is -0.508 e. The van der Waals surface area contributed by atoms with Crippen LogP contribution in [-0.2, 0) is 0 Å². The summed E-state index contributed by atoms with van der Waals surface area (Å²) >= 11 is 0. The SMILES string of the molecule is [B]c1cc(F)c(F)cc1O. The van der Waals surface area contributed by atoms with Gasteiger partial charge in [-0.3, -0.25) is 0 Å². The number of halogens is 2. The Balaban J connectivity index is 3.28. The highest BCUT2D eigenvalue weighted by Crippen LogP contribution is 2.09. The third-order valence-corrected chi connectivity index (χ3v) is 1.07. The molecule has 50 valence electrons. The molecule has 2 radical (unpaired) electrons. The minimum atomic E-state index is -1.10. The van der Waals surface area contributed by atoms with Crippen LogP contribution in [0.4, 0.5) is 8.78 Å². The molecule has 0 aromatic heterocycles. The third kappa shape index (κ3) is 1.10. The molecule has 0 spiro atoms. The lowest BCUT2D eigenvalue weighted by atomic mass is 9.95. The van der Waals surface area contributed by atoms with Gasteiger partial charge in [-0.05, 0) is 6.07 Å². The van der Waals surface area contributed by atoms with E-state index in [2.05, 4.69) is 0 Å². The Morgan fingerprint density at radius 3 is 2.20 bits per heavy atom. The normalized spacial score (nSPS) is 9.80. The molecule has 10 heavy (non-hydrogen) atoms. The average Bonchev–Trinajstić information content (AvgIpc) is 1.84. The van der Waals surface area contributed by atoms with Crippen molar-refractivity contribution in [3.05, 3.63) is 23.8 Å². The second-order valence-corrected chi connectivity index (χ2v) is 1.83. The maximum Gasteiger partial charge on any atom is 0.162 e. The second kappa shape index (κ2) is 2.29. The lowest BCUT2D eigenvalue weighted by Gasteiger charge is -1.98. The first-order valence-electron chi connectivity index (χ1n) is 2.54. The Morgan fingerprint density at radius 1 is 1.20 bits per heavy atom. The highest BCUT2D eigenvalue weighted by atomic mass is 19.2. The first-order valence-corrected chi connectivity index (χ1v) is 2.54. The number of hydrogen-bond donors (Lipinski definition) is 1. The molecule has 0 aliphatic carbocycles. The van der Waals surface area contributed by atoms with Crippen molar-refractivity contribution in [2.24, 2.45) is 0 Å². The molecule has 1 rings (SSSR count). The molecule has 0 aliphatic heterocycles. The Kier molecular flexibility index (Phi) is 1.61. The summed E-state index contributed by atoms with van der Waals surface area (Å²) < 4.78 is 24.4. The van der Waals surface area contributed by atoms with E-state index in [0.29, 0.717) is 6.07 Å². The molecular weight excluding hydrogens is 137 g/mol. The van der Waals surface area contributed by atoms with Crippen LogP contribution in [0.15, 0.2) is 12.1 Å². The van der Waals surface area contributed by atoms with Crippen molar-refractivity contribution >= 4 is 13.3 Å². The van der Waals surface area contributed by atoms with Crippen molar-refractivity contribution in [1.29, 1.82) is 0 Å². The van der Waals surface area contributed by atoms with E-state index in [1.165, 1.54) is 0 Å². The summed E-state index contributed by atoms with van der Waals surface area (Å²) in [7, 11) is 5.03. The average molecular weight is 140 g/mol. The molecule has 1 N–H and O–H groups in total. The van der Waals surface area contributed by atoms with E-state index < -0.39 is 17.4 Å². The van der Waals surface area contributed by atoms with Crippen molar-refractivity contribution in [2.75, 3.05) is 0 Å². The minimum absolute atomic E-state index is 0.168. The molecular formula is C6H3BF2O. The fourth-order valence-electron chi connectivity index (χ4n) is 0.552. The molecule has 1 aromatic carbocycles. The molecule has 0 amide bonds. The van der Waals surface area contributed by atoms with Gasteiger partial charge in [-0.25, -0.2) is 8.78 Å². The molecule has 1 nitrogen and oxygen atoms in total. The zero-order valence-corrected chi connectivity index (χ0v) is 4.94. The van der Waals surface area contributed by atoms with Crippen molar-refractivity contribution in [3.8, 4) is 5.75 Å². The van der Waals surface area contributed by atoms with Crippen LogP contribution < -0.4 is 5.46 Å². The smallest absolute Gasteiger partial charge is 0.162 e. The van der Waals surface area contributed by atoms with Gasteiger partial charge in [0, 0.05) is 6.07 Å². The lowest BCUT2D eigenvalue weighted by Crippen LogP contribution is -2.04. The van der Waals surface area contributed by atoms with E-state index in [-0.39, 0.29) is 5.46 Å². The predicted molar refractivity (Wildman–Crippen MR) is 33.4 cm³/mol. The molecule has 4 heteroatoms. The summed E-state index contributed by atoms with van der Waals surface area (Å²) in [6, 6.07) is 1.36. The van der Waals surface area contributed by atoms with E-state index in [9.17, 15) is 8.78 Å². The summed E-state index contributed by atoms with van der Waals surface area (Å²) in [5.74, 6) is -2.61. The summed E-state index contributed by atoms with van der Waals surface area (Å²) in [5.41, 5.74) is -0.168. The predicted octanol–water partition coefficient (Wildman–Crippen LogP) is 0.464. The van der Waals surface area contributed by atoms with Crippen molar-refractivity contribution in [1.82, 2.24) is 0 Å². The topological polar surface area (TPSA) is 20.2 Å². The third-order valence-electron chi connectivity index (χ3n) is 1.07. The van der Waals surface area contributed by atoms with Crippen molar-refractivity contribution in [3.63, 3.8) is 0 Å². The Bertz CT molecular complexity index is 212. The van der Waals surface area contributed by atoms with Crippen molar-refractivity contribution < 1.29 is 13.9 Å². The molecule has 0 saturated heterocycles. The summed E-state index contributed by atoms with van der Waals surface area (Å²) in [6.07, 6.45) is 0. The van der Waals surface area contributed by atoms with Gasteiger partial charge in [0.05, 0.1) is 0 Å². The van der Waals surface area contributed by atoms with Crippen LogP contribution >= 0.6 is 0 Å². The molecule has 0 fully saturated rings. The van der Waals surface area contributed by atoms with Gasteiger partial charge < -0.3 is 5.11 Å².